The molecule has 2 heterocycles. The highest BCUT2D eigenvalue weighted by atomic mass is 79.9. The minimum atomic E-state index is -0.305. The molecule has 0 aromatic heterocycles. The van der Waals surface area contributed by atoms with Crippen LogP contribution in [0.2, 0.25) is 0 Å². The van der Waals surface area contributed by atoms with E-state index in [2.05, 4.69) is 67.1 Å². The maximum Gasteiger partial charge on any atom is 0.496 e. The van der Waals surface area contributed by atoms with Gasteiger partial charge in [0.25, 0.3) is 0 Å². The molecule has 1 aromatic rings. The van der Waals surface area contributed by atoms with Crippen LogP contribution in [-0.4, -0.2) is 31.4 Å². The lowest BCUT2D eigenvalue weighted by Crippen LogP contribution is -2.41. The zero-order valence-corrected chi connectivity index (χ0v) is 15.5. The molecule has 3 nitrogen and oxygen atoms in total. The smallest absolute Gasteiger partial charge is 0.399 e. The summed E-state index contributed by atoms with van der Waals surface area (Å²) in [6.07, 6.45) is 2.40. The SMILES string of the molecule is CC1(C)OB(c2cc(C3CCNCC3)ccc2Br)OC1(C)C. The fourth-order valence-corrected chi connectivity index (χ4v) is 3.56. The summed E-state index contributed by atoms with van der Waals surface area (Å²) in [5.74, 6) is 0.635. The van der Waals surface area contributed by atoms with Crippen molar-refractivity contribution in [2.75, 3.05) is 13.1 Å². The molecule has 0 amide bonds. The second-order valence-corrected chi connectivity index (χ2v) is 8.25. The van der Waals surface area contributed by atoms with E-state index in [-0.39, 0.29) is 18.3 Å². The Hall–Kier alpha value is -0.355. The average Bonchev–Trinajstić information content (AvgIpc) is 2.69. The number of rotatable bonds is 2. The molecule has 0 saturated carbocycles. The Balaban J connectivity index is 1.88. The molecule has 120 valence electrons. The molecule has 5 heteroatoms. The summed E-state index contributed by atoms with van der Waals surface area (Å²) in [5.41, 5.74) is 1.90. The molecule has 2 fully saturated rings. The third-order valence-electron chi connectivity index (χ3n) is 5.34. The van der Waals surface area contributed by atoms with Crippen molar-refractivity contribution in [3.8, 4) is 0 Å². The van der Waals surface area contributed by atoms with Crippen molar-refractivity contribution in [3.05, 3.63) is 28.2 Å². The summed E-state index contributed by atoms with van der Waals surface area (Å²) in [6, 6.07) is 6.63. The Morgan fingerprint density at radius 1 is 1.09 bits per heavy atom. The zero-order chi connectivity index (χ0) is 16.0. The summed E-state index contributed by atoms with van der Waals surface area (Å²) in [7, 11) is -0.305. The number of nitrogens with one attached hydrogen (secondary N) is 1. The summed E-state index contributed by atoms with van der Waals surface area (Å²) >= 11 is 3.67. The molecule has 2 saturated heterocycles. The number of halogens is 1. The van der Waals surface area contributed by atoms with E-state index in [1.165, 1.54) is 18.4 Å². The van der Waals surface area contributed by atoms with Crippen molar-refractivity contribution in [1.82, 2.24) is 5.32 Å². The Kier molecular flexibility index (Phi) is 4.45. The summed E-state index contributed by atoms with van der Waals surface area (Å²) in [5, 5.41) is 3.43. The Morgan fingerprint density at radius 2 is 1.68 bits per heavy atom. The van der Waals surface area contributed by atoms with Gasteiger partial charge in [0.1, 0.15) is 0 Å². The molecular weight excluding hydrogens is 341 g/mol. The van der Waals surface area contributed by atoms with E-state index in [9.17, 15) is 0 Å². The molecule has 1 aromatic carbocycles. The van der Waals surface area contributed by atoms with Gasteiger partial charge >= 0.3 is 7.12 Å². The molecule has 0 bridgehead atoms. The van der Waals surface area contributed by atoms with Gasteiger partial charge in [0.15, 0.2) is 0 Å². The molecule has 0 radical (unpaired) electrons. The van der Waals surface area contributed by atoms with Crippen LogP contribution in [0.1, 0.15) is 52.0 Å². The first kappa shape index (κ1) is 16.5. The highest BCUT2D eigenvalue weighted by molar-refractivity contribution is 9.10. The largest absolute Gasteiger partial charge is 0.496 e. The molecule has 3 rings (SSSR count). The number of benzene rings is 1. The van der Waals surface area contributed by atoms with Crippen LogP contribution in [0.15, 0.2) is 22.7 Å². The van der Waals surface area contributed by atoms with Gasteiger partial charge < -0.3 is 14.6 Å². The molecular formula is C17H25BBrNO2. The van der Waals surface area contributed by atoms with Crippen LogP contribution in [0.3, 0.4) is 0 Å². The predicted octanol–water partition coefficient (Wildman–Crippen LogP) is 3.22. The third kappa shape index (κ3) is 3.01. The minimum absolute atomic E-state index is 0.304. The standard InChI is InChI=1S/C17H25BBrNO2/c1-16(2)17(3,4)22-18(21-16)14-11-13(5-6-15(14)19)12-7-9-20-10-8-12/h5-6,11-12,20H,7-10H2,1-4H3. The van der Waals surface area contributed by atoms with Crippen LogP contribution < -0.4 is 10.8 Å². The molecule has 1 N–H and O–H groups in total. The van der Waals surface area contributed by atoms with Gasteiger partial charge in [-0.25, -0.2) is 0 Å². The highest BCUT2D eigenvalue weighted by Crippen LogP contribution is 2.37. The van der Waals surface area contributed by atoms with E-state index in [1.807, 2.05) is 0 Å². The predicted molar refractivity (Wildman–Crippen MR) is 94.7 cm³/mol. The first-order chi connectivity index (χ1) is 10.3. The molecule has 0 atom stereocenters. The van der Waals surface area contributed by atoms with E-state index in [0.717, 1.165) is 23.0 Å². The molecule has 0 aliphatic carbocycles. The number of hydrogen-bond donors (Lipinski definition) is 1. The van der Waals surface area contributed by atoms with E-state index < -0.39 is 0 Å². The quantitative estimate of drug-likeness (QED) is 0.816. The van der Waals surface area contributed by atoms with Gasteiger partial charge in [-0.15, -0.1) is 0 Å². The number of piperidine rings is 1. The lowest BCUT2D eigenvalue weighted by molar-refractivity contribution is 0.00578. The van der Waals surface area contributed by atoms with Gasteiger partial charge in [0.2, 0.25) is 0 Å². The van der Waals surface area contributed by atoms with Gasteiger partial charge in [-0.05, 0) is 76.6 Å². The lowest BCUT2D eigenvalue weighted by Gasteiger charge is -2.32. The van der Waals surface area contributed by atoms with Gasteiger partial charge in [-0.3, -0.25) is 0 Å². The molecule has 0 unspecified atom stereocenters. The maximum absolute atomic E-state index is 6.21. The van der Waals surface area contributed by atoms with Crippen LogP contribution in [0.25, 0.3) is 0 Å². The highest BCUT2D eigenvalue weighted by Gasteiger charge is 2.52. The fourth-order valence-electron chi connectivity index (χ4n) is 3.12. The molecule has 2 aliphatic rings. The summed E-state index contributed by atoms with van der Waals surface area (Å²) in [6.45, 7) is 10.6. The summed E-state index contributed by atoms with van der Waals surface area (Å²) in [4.78, 5) is 0. The summed E-state index contributed by atoms with van der Waals surface area (Å²) < 4.78 is 13.5. The normalized spacial score (nSPS) is 24.7. The third-order valence-corrected chi connectivity index (χ3v) is 6.06. The molecule has 0 spiro atoms. The van der Waals surface area contributed by atoms with Crippen molar-refractivity contribution in [3.63, 3.8) is 0 Å². The Bertz CT molecular complexity index is 540. The first-order valence-electron chi connectivity index (χ1n) is 8.16. The van der Waals surface area contributed by atoms with Crippen molar-refractivity contribution in [2.45, 2.75) is 57.7 Å². The minimum Gasteiger partial charge on any atom is -0.399 e. The van der Waals surface area contributed by atoms with Crippen LogP contribution in [-0.2, 0) is 9.31 Å². The van der Waals surface area contributed by atoms with Crippen molar-refractivity contribution in [2.24, 2.45) is 0 Å². The van der Waals surface area contributed by atoms with Crippen LogP contribution in [0.4, 0.5) is 0 Å². The fraction of sp³-hybridized carbons (Fsp3) is 0.647. The van der Waals surface area contributed by atoms with Gasteiger partial charge in [-0.1, -0.05) is 28.1 Å². The van der Waals surface area contributed by atoms with E-state index >= 15 is 0 Å². The van der Waals surface area contributed by atoms with Gasteiger partial charge in [0, 0.05) is 4.47 Å². The lowest BCUT2D eigenvalue weighted by atomic mass is 9.76. The topological polar surface area (TPSA) is 30.5 Å². The Morgan fingerprint density at radius 3 is 2.27 bits per heavy atom. The maximum atomic E-state index is 6.21. The second-order valence-electron chi connectivity index (χ2n) is 7.39. The van der Waals surface area contributed by atoms with E-state index in [1.54, 1.807) is 0 Å². The van der Waals surface area contributed by atoms with Crippen molar-refractivity contribution >= 4 is 28.5 Å². The van der Waals surface area contributed by atoms with Crippen molar-refractivity contribution < 1.29 is 9.31 Å². The van der Waals surface area contributed by atoms with Crippen LogP contribution in [0.5, 0.6) is 0 Å². The molecule has 22 heavy (non-hydrogen) atoms. The zero-order valence-electron chi connectivity index (χ0n) is 13.9. The van der Waals surface area contributed by atoms with Crippen LogP contribution >= 0.6 is 15.9 Å². The van der Waals surface area contributed by atoms with E-state index in [4.69, 9.17) is 9.31 Å². The van der Waals surface area contributed by atoms with Gasteiger partial charge in [0.05, 0.1) is 11.2 Å². The average molecular weight is 366 g/mol. The van der Waals surface area contributed by atoms with Gasteiger partial charge in [-0.2, -0.15) is 0 Å². The first-order valence-corrected chi connectivity index (χ1v) is 8.95. The monoisotopic (exact) mass is 365 g/mol. The van der Waals surface area contributed by atoms with Crippen LogP contribution in [0, 0.1) is 0 Å². The second kappa shape index (κ2) is 5.93. The number of hydrogen-bond acceptors (Lipinski definition) is 3. The molecule has 2 aliphatic heterocycles. The van der Waals surface area contributed by atoms with Crippen molar-refractivity contribution in [1.29, 1.82) is 0 Å². The van der Waals surface area contributed by atoms with E-state index in [0.29, 0.717) is 5.92 Å². The Labute approximate surface area is 142 Å².